The van der Waals surface area contributed by atoms with Crippen LogP contribution in [0.5, 0.6) is 0 Å². The van der Waals surface area contributed by atoms with E-state index in [-0.39, 0.29) is 24.2 Å². The summed E-state index contributed by atoms with van der Waals surface area (Å²) in [6.45, 7) is 9.64. The molecule has 0 bridgehead atoms. The van der Waals surface area contributed by atoms with Gasteiger partial charge in [0.05, 0.1) is 5.75 Å². The summed E-state index contributed by atoms with van der Waals surface area (Å²) < 4.78 is 26.4. The van der Waals surface area contributed by atoms with Gasteiger partial charge in [0, 0.05) is 19.1 Å². The molecule has 2 saturated heterocycles. The topological polar surface area (TPSA) is 61.4 Å². The maximum absolute atomic E-state index is 11.8. The molecule has 5 nitrogen and oxygen atoms in total. The molecule has 0 saturated carbocycles. The molecule has 2 fully saturated rings. The maximum Gasteiger partial charge on any atom is 0.211 e. The molecule has 2 aliphatic rings. The Balaban J connectivity index is 0.00000220. The highest BCUT2D eigenvalue weighted by atomic mass is 35.5. The van der Waals surface area contributed by atoms with Crippen LogP contribution in [0.15, 0.2) is 0 Å². The molecule has 2 rings (SSSR count). The first kappa shape index (κ1) is 19.2. The standard InChI is InChI=1S/C14H29N3O2S.ClH/c1-3-10-20(18,19)16-13-4-8-17(9-5-13)12-14(2)6-7-15-11-14;/h13,15-16H,3-12H2,1-2H3;1H. The van der Waals surface area contributed by atoms with Crippen LogP contribution in [0.4, 0.5) is 0 Å². The molecule has 1 atom stereocenters. The minimum Gasteiger partial charge on any atom is -0.316 e. The largest absolute Gasteiger partial charge is 0.316 e. The molecule has 0 amide bonds. The van der Waals surface area contributed by atoms with Gasteiger partial charge in [-0.1, -0.05) is 13.8 Å². The van der Waals surface area contributed by atoms with Gasteiger partial charge >= 0.3 is 0 Å². The highest BCUT2D eigenvalue weighted by Gasteiger charge is 2.32. The highest BCUT2D eigenvalue weighted by Crippen LogP contribution is 2.27. The Kier molecular flexibility index (Phi) is 7.40. The third kappa shape index (κ3) is 6.02. The monoisotopic (exact) mass is 339 g/mol. The van der Waals surface area contributed by atoms with Crippen molar-refractivity contribution in [2.45, 2.75) is 45.6 Å². The molecule has 0 aromatic rings. The number of nitrogens with zero attached hydrogens (tertiary/aromatic N) is 1. The fourth-order valence-corrected chi connectivity index (χ4v) is 4.73. The van der Waals surface area contributed by atoms with E-state index >= 15 is 0 Å². The van der Waals surface area contributed by atoms with E-state index in [0.717, 1.165) is 45.6 Å². The number of hydrogen-bond donors (Lipinski definition) is 2. The van der Waals surface area contributed by atoms with Gasteiger partial charge in [-0.25, -0.2) is 13.1 Å². The lowest BCUT2D eigenvalue weighted by atomic mass is 9.88. The van der Waals surface area contributed by atoms with Crippen molar-refractivity contribution in [1.29, 1.82) is 0 Å². The van der Waals surface area contributed by atoms with Crippen molar-refractivity contribution in [2.24, 2.45) is 5.41 Å². The van der Waals surface area contributed by atoms with E-state index in [4.69, 9.17) is 0 Å². The first-order chi connectivity index (χ1) is 9.42. The smallest absolute Gasteiger partial charge is 0.211 e. The van der Waals surface area contributed by atoms with Gasteiger partial charge in [-0.05, 0) is 50.7 Å². The van der Waals surface area contributed by atoms with Gasteiger partial charge in [-0.2, -0.15) is 0 Å². The second-order valence-electron chi connectivity index (χ2n) is 6.72. The van der Waals surface area contributed by atoms with Crippen molar-refractivity contribution >= 4 is 22.4 Å². The maximum atomic E-state index is 11.8. The number of nitrogens with one attached hydrogen (secondary N) is 2. The molecular formula is C14H30ClN3O2S. The van der Waals surface area contributed by atoms with E-state index in [0.29, 0.717) is 11.8 Å². The van der Waals surface area contributed by atoms with Gasteiger partial charge in [0.15, 0.2) is 0 Å². The molecule has 2 N–H and O–H groups in total. The lowest BCUT2D eigenvalue weighted by Crippen LogP contribution is -2.48. The number of hydrogen-bond acceptors (Lipinski definition) is 4. The fourth-order valence-electron chi connectivity index (χ4n) is 3.33. The molecule has 0 aliphatic carbocycles. The van der Waals surface area contributed by atoms with Crippen molar-refractivity contribution in [2.75, 3.05) is 38.5 Å². The molecule has 0 radical (unpaired) electrons. The summed E-state index contributed by atoms with van der Waals surface area (Å²) in [6.07, 6.45) is 3.80. The normalized spacial score (nSPS) is 28.5. The molecule has 126 valence electrons. The van der Waals surface area contributed by atoms with Crippen LogP contribution in [0.3, 0.4) is 0 Å². The minimum atomic E-state index is -3.06. The summed E-state index contributed by atoms with van der Waals surface area (Å²) in [6, 6.07) is 0.136. The predicted octanol–water partition coefficient (Wildman–Crippen LogP) is 1.20. The van der Waals surface area contributed by atoms with Crippen LogP contribution in [0.2, 0.25) is 0 Å². The molecule has 0 aromatic carbocycles. The second-order valence-corrected chi connectivity index (χ2v) is 8.60. The van der Waals surface area contributed by atoms with E-state index in [1.54, 1.807) is 0 Å². The van der Waals surface area contributed by atoms with E-state index in [1.165, 1.54) is 6.42 Å². The van der Waals surface area contributed by atoms with E-state index in [2.05, 4.69) is 21.9 Å². The third-order valence-corrected chi connectivity index (χ3v) is 6.11. The summed E-state index contributed by atoms with van der Waals surface area (Å²) in [5, 5.41) is 3.44. The zero-order valence-corrected chi connectivity index (χ0v) is 14.9. The number of halogens is 1. The number of rotatable bonds is 6. The predicted molar refractivity (Wildman–Crippen MR) is 89.5 cm³/mol. The van der Waals surface area contributed by atoms with E-state index in [9.17, 15) is 8.42 Å². The average Bonchev–Trinajstić information content (AvgIpc) is 2.78. The van der Waals surface area contributed by atoms with Crippen LogP contribution in [0.1, 0.15) is 39.5 Å². The number of sulfonamides is 1. The first-order valence-corrected chi connectivity index (χ1v) is 9.51. The van der Waals surface area contributed by atoms with E-state index < -0.39 is 10.0 Å². The molecule has 2 heterocycles. The van der Waals surface area contributed by atoms with Crippen molar-refractivity contribution in [3.8, 4) is 0 Å². The van der Waals surface area contributed by atoms with Gasteiger partial charge in [0.25, 0.3) is 0 Å². The van der Waals surface area contributed by atoms with Crippen LogP contribution < -0.4 is 10.0 Å². The van der Waals surface area contributed by atoms with Crippen LogP contribution in [-0.2, 0) is 10.0 Å². The summed E-state index contributed by atoms with van der Waals surface area (Å²) in [7, 11) is -3.06. The highest BCUT2D eigenvalue weighted by molar-refractivity contribution is 7.89. The van der Waals surface area contributed by atoms with Gasteiger partial charge < -0.3 is 10.2 Å². The summed E-state index contributed by atoms with van der Waals surface area (Å²) in [5.41, 5.74) is 0.397. The molecule has 2 aliphatic heterocycles. The summed E-state index contributed by atoms with van der Waals surface area (Å²) in [4.78, 5) is 2.50. The van der Waals surface area contributed by atoms with Crippen LogP contribution in [-0.4, -0.2) is 57.8 Å². The third-order valence-electron chi connectivity index (χ3n) is 4.47. The van der Waals surface area contributed by atoms with Gasteiger partial charge in [-0.15, -0.1) is 12.4 Å². The fraction of sp³-hybridized carbons (Fsp3) is 1.00. The Labute approximate surface area is 135 Å². The van der Waals surface area contributed by atoms with Gasteiger partial charge in [0.2, 0.25) is 10.0 Å². The Morgan fingerprint density at radius 2 is 2.00 bits per heavy atom. The van der Waals surface area contributed by atoms with Crippen molar-refractivity contribution in [3.05, 3.63) is 0 Å². The second kappa shape index (κ2) is 8.11. The van der Waals surface area contributed by atoms with Crippen molar-refractivity contribution < 1.29 is 8.42 Å². The average molecular weight is 340 g/mol. The van der Waals surface area contributed by atoms with Crippen molar-refractivity contribution in [1.82, 2.24) is 14.9 Å². The van der Waals surface area contributed by atoms with E-state index in [1.807, 2.05) is 6.92 Å². The molecular weight excluding hydrogens is 310 g/mol. The van der Waals surface area contributed by atoms with Crippen LogP contribution in [0.25, 0.3) is 0 Å². The zero-order chi connectivity index (χ0) is 14.6. The van der Waals surface area contributed by atoms with Crippen LogP contribution in [0, 0.1) is 5.41 Å². The molecule has 7 heteroatoms. The van der Waals surface area contributed by atoms with Gasteiger partial charge in [-0.3, -0.25) is 0 Å². The Bertz CT molecular complexity index is 402. The summed E-state index contributed by atoms with van der Waals surface area (Å²) in [5.74, 6) is 0.247. The number of piperidine rings is 1. The Hall–Kier alpha value is 0.120. The molecule has 0 aromatic heterocycles. The van der Waals surface area contributed by atoms with Crippen molar-refractivity contribution in [3.63, 3.8) is 0 Å². The van der Waals surface area contributed by atoms with Gasteiger partial charge in [0.1, 0.15) is 0 Å². The number of likely N-dealkylation sites (tertiary alicyclic amines) is 1. The lowest BCUT2D eigenvalue weighted by molar-refractivity contribution is 0.142. The Morgan fingerprint density at radius 3 is 2.52 bits per heavy atom. The van der Waals surface area contributed by atoms with Crippen LogP contribution >= 0.6 is 12.4 Å². The SMILES string of the molecule is CCCS(=O)(=O)NC1CCN(CC2(C)CCNC2)CC1.Cl. The lowest BCUT2D eigenvalue weighted by Gasteiger charge is -2.37. The first-order valence-electron chi connectivity index (χ1n) is 7.85. The summed E-state index contributed by atoms with van der Waals surface area (Å²) >= 11 is 0. The molecule has 0 spiro atoms. The Morgan fingerprint density at radius 1 is 1.33 bits per heavy atom. The zero-order valence-electron chi connectivity index (χ0n) is 13.2. The molecule has 21 heavy (non-hydrogen) atoms. The quantitative estimate of drug-likeness (QED) is 0.763. The minimum absolute atomic E-state index is 0. The molecule has 1 unspecified atom stereocenters.